The Bertz CT molecular complexity index is 949. The average molecular weight is 419 g/mol. The zero-order chi connectivity index (χ0) is 22.1. The number of hydrogen-bond acceptors (Lipinski definition) is 3. The summed E-state index contributed by atoms with van der Waals surface area (Å²) < 4.78 is 7.72. The number of aromatic nitrogens is 1. The highest BCUT2D eigenvalue weighted by molar-refractivity contribution is 5.75. The van der Waals surface area contributed by atoms with Crippen LogP contribution in [-0.2, 0) is 29.2 Å². The van der Waals surface area contributed by atoms with Crippen LogP contribution >= 0.6 is 0 Å². The first-order valence-electron chi connectivity index (χ1n) is 11.2. The monoisotopic (exact) mass is 418 g/mol. The summed E-state index contributed by atoms with van der Waals surface area (Å²) in [6, 6.07) is 23.0. The molecule has 1 heterocycles. The number of benzene rings is 2. The summed E-state index contributed by atoms with van der Waals surface area (Å²) in [4.78, 5) is 15.1. The van der Waals surface area contributed by atoms with Gasteiger partial charge in [0.1, 0.15) is 6.04 Å². The number of rotatable bonds is 11. The molecule has 164 valence electrons. The molecule has 0 aliphatic rings. The summed E-state index contributed by atoms with van der Waals surface area (Å²) in [5.74, 6) is -0.128. The van der Waals surface area contributed by atoms with Gasteiger partial charge in [-0.2, -0.15) is 0 Å². The molecule has 0 saturated carbocycles. The molecule has 0 radical (unpaired) electrons. The van der Waals surface area contributed by atoms with Gasteiger partial charge in [0, 0.05) is 31.5 Å². The molecule has 3 rings (SSSR count). The van der Waals surface area contributed by atoms with Crippen LogP contribution in [0.1, 0.15) is 49.1 Å². The lowest BCUT2D eigenvalue weighted by Gasteiger charge is -2.30. The van der Waals surface area contributed by atoms with Crippen LogP contribution in [0.25, 0.3) is 0 Å². The molecule has 4 heteroatoms. The van der Waals surface area contributed by atoms with Crippen LogP contribution in [0.3, 0.4) is 0 Å². The highest BCUT2D eigenvalue weighted by Crippen LogP contribution is 2.19. The second-order valence-electron chi connectivity index (χ2n) is 8.06. The molecule has 2 aromatic carbocycles. The van der Waals surface area contributed by atoms with Crippen molar-refractivity contribution in [3.05, 3.63) is 95.3 Å². The van der Waals surface area contributed by atoms with Crippen LogP contribution in [0.5, 0.6) is 0 Å². The lowest BCUT2D eigenvalue weighted by Crippen LogP contribution is -2.41. The minimum absolute atomic E-state index is 0.128. The van der Waals surface area contributed by atoms with Crippen molar-refractivity contribution in [2.45, 2.75) is 59.3 Å². The Labute approximate surface area is 186 Å². The first kappa shape index (κ1) is 22.8. The molecule has 0 saturated heterocycles. The molecule has 1 atom stereocenters. The fourth-order valence-corrected chi connectivity index (χ4v) is 4.02. The molecule has 1 aromatic heterocycles. The van der Waals surface area contributed by atoms with E-state index in [2.05, 4.69) is 78.0 Å². The Kier molecular flexibility index (Phi) is 8.48. The highest BCUT2D eigenvalue weighted by Gasteiger charge is 2.27. The third kappa shape index (κ3) is 6.56. The van der Waals surface area contributed by atoms with Gasteiger partial charge in [-0.15, -0.1) is 0 Å². The summed E-state index contributed by atoms with van der Waals surface area (Å²) in [6.07, 6.45) is 3.83. The van der Waals surface area contributed by atoms with E-state index in [0.29, 0.717) is 19.7 Å². The Morgan fingerprint density at radius 1 is 0.968 bits per heavy atom. The maximum atomic E-state index is 12.8. The summed E-state index contributed by atoms with van der Waals surface area (Å²) in [5.41, 5.74) is 4.94. The standard InChI is InChI=1S/C27H34N2O2/c1-4-11-26(27(30)31-5-2)29(19-23-13-7-6-8-14-23)21-25-16-10-17-28(25)20-24-15-9-12-22(3)18-24/h6-10,12-18,26H,4-5,11,19-21H2,1-3H3/t26-/m1/s1. The van der Waals surface area contributed by atoms with E-state index < -0.39 is 0 Å². The van der Waals surface area contributed by atoms with E-state index in [9.17, 15) is 4.79 Å². The van der Waals surface area contributed by atoms with Crippen molar-refractivity contribution in [2.24, 2.45) is 0 Å². The van der Waals surface area contributed by atoms with Crippen molar-refractivity contribution in [3.63, 3.8) is 0 Å². The molecule has 0 N–H and O–H groups in total. The second kappa shape index (κ2) is 11.5. The van der Waals surface area contributed by atoms with Crippen LogP contribution < -0.4 is 0 Å². The van der Waals surface area contributed by atoms with Crippen LogP contribution in [0.4, 0.5) is 0 Å². The molecule has 0 aliphatic carbocycles. The summed E-state index contributed by atoms with van der Waals surface area (Å²) in [6.45, 7) is 8.74. The predicted octanol–water partition coefficient (Wildman–Crippen LogP) is 5.58. The van der Waals surface area contributed by atoms with Gasteiger partial charge >= 0.3 is 5.97 Å². The van der Waals surface area contributed by atoms with Crippen LogP contribution in [0.15, 0.2) is 72.9 Å². The van der Waals surface area contributed by atoms with Gasteiger partial charge in [-0.05, 0) is 43.5 Å². The molecular weight excluding hydrogens is 384 g/mol. The fourth-order valence-electron chi connectivity index (χ4n) is 4.02. The number of ether oxygens (including phenoxy) is 1. The van der Waals surface area contributed by atoms with Gasteiger partial charge in [0.15, 0.2) is 0 Å². The van der Waals surface area contributed by atoms with Gasteiger partial charge in [-0.3, -0.25) is 9.69 Å². The predicted molar refractivity (Wildman–Crippen MR) is 126 cm³/mol. The molecule has 3 aromatic rings. The fraction of sp³-hybridized carbons (Fsp3) is 0.370. The SMILES string of the molecule is CCC[C@H](C(=O)OCC)N(Cc1ccccc1)Cc1cccn1Cc1cccc(C)c1. The normalized spacial score (nSPS) is 12.1. The van der Waals surface area contributed by atoms with Gasteiger partial charge < -0.3 is 9.30 Å². The largest absolute Gasteiger partial charge is 0.465 e. The van der Waals surface area contributed by atoms with E-state index in [-0.39, 0.29) is 12.0 Å². The second-order valence-corrected chi connectivity index (χ2v) is 8.06. The molecule has 0 unspecified atom stereocenters. The summed E-state index contributed by atoms with van der Waals surface area (Å²) >= 11 is 0. The molecular formula is C27H34N2O2. The Morgan fingerprint density at radius 3 is 2.45 bits per heavy atom. The van der Waals surface area contributed by atoms with Crippen molar-refractivity contribution >= 4 is 5.97 Å². The third-order valence-electron chi connectivity index (χ3n) is 5.51. The number of carbonyl (C=O) groups is 1. The van der Waals surface area contributed by atoms with Crippen molar-refractivity contribution in [1.29, 1.82) is 0 Å². The van der Waals surface area contributed by atoms with Gasteiger partial charge in [0.05, 0.1) is 6.61 Å². The van der Waals surface area contributed by atoms with Crippen molar-refractivity contribution in [1.82, 2.24) is 9.47 Å². The Balaban J connectivity index is 1.86. The van der Waals surface area contributed by atoms with Gasteiger partial charge in [-0.1, -0.05) is 73.5 Å². The summed E-state index contributed by atoms with van der Waals surface area (Å²) in [5, 5.41) is 0. The van der Waals surface area contributed by atoms with E-state index >= 15 is 0 Å². The van der Waals surface area contributed by atoms with E-state index in [1.165, 1.54) is 22.4 Å². The van der Waals surface area contributed by atoms with Crippen LogP contribution in [0.2, 0.25) is 0 Å². The van der Waals surface area contributed by atoms with E-state index in [1.54, 1.807) is 0 Å². The first-order valence-corrected chi connectivity index (χ1v) is 11.2. The number of hydrogen-bond donors (Lipinski definition) is 0. The zero-order valence-corrected chi connectivity index (χ0v) is 19.0. The average Bonchev–Trinajstić information content (AvgIpc) is 3.19. The molecule has 0 bridgehead atoms. The maximum absolute atomic E-state index is 12.8. The number of carbonyl (C=O) groups excluding carboxylic acids is 1. The van der Waals surface area contributed by atoms with Crippen molar-refractivity contribution in [2.75, 3.05) is 6.61 Å². The lowest BCUT2D eigenvalue weighted by molar-refractivity contribution is -0.150. The van der Waals surface area contributed by atoms with Crippen LogP contribution in [-0.4, -0.2) is 28.1 Å². The number of esters is 1. The lowest BCUT2D eigenvalue weighted by atomic mass is 10.1. The summed E-state index contributed by atoms with van der Waals surface area (Å²) in [7, 11) is 0. The smallest absolute Gasteiger partial charge is 0.323 e. The number of aryl methyl sites for hydroxylation is 1. The van der Waals surface area contributed by atoms with Crippen LogP contribution in [0, 0.1) is 6.92 Å². The minimum Gasteiger partial charge on any atom is -0.465 e. The Hall–Kier alpha value is -2.85. The zero-order valence-electron chi connectivity index (χ0n) is 19.0. The van der Waals surface area contributed by atoms with E-state index in [4.69, 9.17) is 4.74 Å². The minimum atomic E-state index is -0.257. The van der Waals surface area contributed by atoms with E-state index in [1.807, 2.05) is 25.1 Å². The molecule has 0 fully saturated rings. The Morgan fingerprint density at radius 2 is 1.74 bits per heavy atom. The van der Waals surface area contributed by atoms with Crippen molar-refractivity contribution in [3.8, 4) is 0 Å². The molecule has 4 nitrogen and oxygen atoms in total. The molecule has 0 spiro atoms. The molecule has 0 amide bonds. The van der Waals surface area contributed by atoms with Gasteiger partial charge in [-0.25, -0.2) is 0 Å². The van der Waals surface area contributed by atoms with Gasteiger partial charge in [0.2, 0.25) is 0 Å². The maximum Gasteiger partial charge on any atom is 0.323 e. The third-order valence-corrected chi connectivity index (χ3v) is 5.51. The molecule has 0 aliphatic heterocycles. The highest BCUT2D eigenvalue weighted by atomic mass is 16.5. The van der Waals surface area contributed by atoms with Crippen molar-refractivity contribution < 1.29 is 9.53 Å². The molecule has 31 heavy (non-hydrogen) atoms. The topological polar surface area (TPSA) is 34.5 Å². The van der Waals surface area contributed by atoms with E-state index in [0.717, 1.165) is 19.4 Å². The first-order chi connectivity index (χ1) is 15.1. The quantitative estimate of drug-likeness (QED) is 0.381. The number of nitrogens with zero attached hydrogens (tertiary/aromatic N) is 2. The van der Waals surface area contributed by atoms with Gasteiger partial charge in [0.25, 0.3) is 0 Å².